The van der Waals surface area contributed by atoms with Crippen LogP contribution in [0.25, 0.3) is 0 Å². The average Bonchev–Trinajstić information content (AvgIpc) is 2.40. The largest absolute Gasteiger partial charge is 0.240 e. The van der Waals surface area contributed by atoms with Crippen LogP contribution < -0.4 is 0 Å². The molecule has 0 saturated carbocycles. The molecule has 2 nitrogen and oxygen atoms in total. The second-order valence-corrected chi connectivity index (χ2v) is 5.40. The monoisotopic (exact) mass is 300 g/mol. The summed E-state index contributed by atoms with van der Waals surface area (Å²) in [5.74, 6) is -3.06. The zero-order valence-electron chi connectivity index (χ0n) is 11.1. The van der Waals surface area contributed by atoms with E-state index in [-0.39, 0.29) is 16.3 Å². The molecule has 1 aromatic carbocycles. The van der Waals surface area contributed by atoms with Crippen molar-refractivity contribution in [3.8, 4) is 0 Å². The van der Waals surface area contributed by atoms with Crippen molar-refractivity contribution in [2.24, 2.45) is 0 Å². The van der Waals surface area contributed by atoms with Crippen molar-refractivity contribution in [2.75, 3.05) is 0 Å². The van der Waals surface area contributed by atoms with Gasteiger partial charge in [0.1, 0.15) is 17.3 Å². The third kappa shape index (κ3) is 2.38. The molecule has 0 spiro atoms. The van der Waals surface area contributed by atoms with E-state index < -0.39 is 22.9 Å². The summed E-state index contributed by atoms with van der Waals surface area (Å²) in [5.41, 5.74) is -0.894. The molecule has 2 aromatic rings. The van der Waals surface area contributed by atoms with Crippen LogP contribution in [-0.2, 0) is 5.41 Å². The number of benzene rings is 1. The summed E-state index contributed by atoms with van der Waals surface area (Å²) >= 11 is 5.79. The van der Waals surface area contributed by atoms with Gasteiger partial charge in [-0.1, -0.05) is 25.4 Å². The molecule has 0 amide bonds. The summed E-state index contributed by atoms with van der Waals surface area (Å²) in [6.45, 7) is 4.50. The predicted molar refractivity (Wildman–Crippen MR) is 70.2 cm³/mol. The normalized spacial score (nSPS) is 11.8. The lowest BCUT2D eigenvalue weighted by atomic mass is 9.80. The number of hydrogen-bond acceptors (Lipinski definition) is 2. The molecule has 0 radical (unpaired) electrons. The highest BCUT2D eigenvalue weighted by Crippen LogP contribution is 2.34. The first kappa shape index (κ1) is 14.8. The Bertz CT molecular complexity index is 672. The Kier molecular flexibility index (Phi) is 3.73. The van der Waals surface area contributed by atoms with Crippen molar-refractivity contribution >= 4 is 11.6 Å². The lowest BCUT2D eigenvalue weighted by Crippen LogP contribution is -2.23. The van der Waals surface area contributed by atoms with Crippen LogP contribution in [0.15, 0.2) is 18.5 Å². The van der Waals surface area contributed by atoms with E-state index in [1.54, 1.807) is 13.8 Å². The van der Waals surface area contributed by atoms with Crippen molar-refractivity contribution in [1.82, 2.24) is 9.97 Å². The maximum Gasteiger partial charge on any atom is 0.164 e. The fraction of sp³-hybridized carbons (Fsp3) is 0.286. The fourth-order valence-corrected chi connectivity index (χ4v) is 2.15. The minimum Gasteiger partial charge on any atom is -0.240 e. The molecule has 1 heterocycles. The van der Waals surface area contributed by atoms with Gasteiger partial charge in [0.2, 0.25) is 0 Å². The van der Waals surface area contributed by atoms with Gasteiger partial charge in [-0.3, -0.25) is 0 Å². The van der Waals surface area contributed by atoms with Gasteiger partial charge >= 0.3 is 0 Å². The molecular formula is C14H12ClF3N2. The summed E-state index contributed by atoms with van der Waals surface area (Å²) in [6, 6.07) is 2.32. The first-order valence-corrected chi connectivity index (χ1v) is 6.25. The number of halogens is 4. The van der Waals surface area contributed by atoms with E-state index in [1.807, 2.05) is 0 Å². The molecule has 0 aliphatic rings. The zero-order chi connectivity index (χ0) is 15.1. The van der Waals surface area contributed by atoms with Crippen molar-refractivity contribution in [2.45, 2.75) is 26.2 Å². The Hall–Kier alpha value is -1.62. The standard InChI is InChI=1S/C14H12ClF3N2/c1-7-12(17)8(4-9(16)13(7)18)14(2,3)10-5-11(15)20-6-19-10/h4-6H,1-3H3. The van der Waals surface area contributed by atoms with Crippen LogP contribution >= 0.6 is 11.6 Å². The second kappa shape index (κ2) is 5.05. The van der Waals surface area contributed by atoms with Crippen molar-refractivity contribution in [3.63, 3.8) is 0 Å². The molecule has 2 rings (SSSR count). The molecule has 0 aliphatic heterocycles. The minimum absolute atomic E-state index is 0.0173. The van der Waals surface area contributed by atoms with Crippen LogP contribution in [0.2, 0.25) is 5.15 Å². The van der Waals surface area contributed by atoms with Crippen LogP contribution in [0.5, 0.6) is 0 Å². The first-order valence-electron chi connectivity index (χ1n) is 5.87. The Labute approximate surface area is 119 Å². The van der Waals surface area contributed by atoms with Gasteiger partial charge in [0.15, 0.2) is 11.6 Å². The van der Waals surface area contributed by atoms with Crippen LogP contribution in [0.3, 0.4) is 0 Å². The minimum atomic E-state index is -1.18. The van der Waals surface area contributed by atoms with Gasteiger partial charge in [-0.15, -0.1) is 0 Å². The molecule has 6 heteroatoms. The highest BCUT2D eigenvalue weighted by Gasteiger charge is 2.31. The van der Waals surface area contributed by atoms with Crippen LogP contribution in [0.4, 0.5) is 13.2 Å². The Morgan fingerprint density at radius 1 is 1.05 bits per heavy atom. The molecule has 20 heavy (non-hydrogen) atoms. The quantitative estimate of drug-likeness (QED) is 0.614. The Balaban J connectivity index is 2.66. The van der Waals surface area contributed by atoms with Gasteiger partial charge in [-0.25, -0.2) is 23.1 Å². The molecule has 0 bridgehead atoms. The summed E-state index contributed by atoms with van der Waals surface area (Å²) in [7, 11) is 0. The summed E-state index contributed by atoms with van der Waals surface area (Å²) in [6.07, 6.45) is 1.24. The number of hydrogen-bond donors (Lipinski definition) is 0. The van der Waals surface area contributed by atoms with Gasteiger partial charge in [0.05, 0.1) is 5.69 Å². The summed E-state index contributed by atoms with van der Waals surface area (Å²) in [4.78, 5) is 7.78. The van der Waals surface area contributed by atoms with Gasteiger partial charge in [0, 0.05) is 16.5 Å². The molecule has 0 saturated heterocycles. The molecule has 0 fully saturated rings. The maximum atomic E-state index is 14.2. The first-order chi connectivity index (χ1) is 9.25. The van der Waals surface area contributed by atoms with E-state index in [0.29, 0.717) is 5.69 Å². The predicted octanol–water partition coefficient (Wildman–Crippen LogP) is 4.18. The highest BCUT2D eigenvalue weighted by molar-refractivity contribution is 6.29. The van der Waals surface area contributed by atoms with Crippen LogP contribution in [0, 0.1) is 24.4 Å². The lowest BCUT2D eigenvalue weighted by Gasteiger charge is -2.26. The van der Waals surface area contributed by atoms with Crippen molar-refractivity contribution < 1.29 is 13.2 Å². The Morgan fingerprint density at radius 3 is 2.30 bits per heavy atom. The molecule has 0 N–H and O–H groups in total. The van der Waals surface area contributed by atoms with Crippen LogP contribution in [-0.4, -0.2) is 9.97 Å². The molecule has 0 unspecified atom stereocenters. The highest BCUT2D eigenvalue weighted by atomic mass is 35.5. The van der Waals surface area contributed by atoms with E-state index in [2.05, 4.69) is 9.97 Å². The molecular weight excluding hydrogens is 289 g/mol. The van der Waals surface area contributed by atoms with Gasteiger partial charge < -0.3 is 0 Å². The van der Waals surface area contributed by atoms with E-state index in [0.717, 1.165) is 6.07 Å². The zero-order valence-corrected chi connectivity index (χ0v) is 11.9. The van der Waals surface area contributed by atoms with Crippen LogP contribution in [0.1, 0.15) is 30.7 Å². The molecule has 0 atom stereocenters. The summed E-state index contributed by atoms with van der Waals surface area (Å²) < 4.78 is 41.2. The average molecular weight is 301 g/mol. The smallest absolute Gasteiger partial charge is 0.164 e. The summed E-state index contributed by atoms with van der Waals surface area (Å²) in [5, 5.41) is 0.197. The lowest BCUT2D eigenvalue weighted by molar-refractivity contribution is 0.464. The van der Waals surface area contributed by atoms with Crippen molar-refractivity contribution in [1.29, 1.82) is 0 Å². The molecule has 1 aromatic heterocycles. The van der Waals surface area contributed by atoms with E-state index >= 15 is 0 Å². The number of aromatic nitrogens is 2. The van der Waals surface area contributed by atoms with Gasteiger partial charge in [-0.2, -0.15) is 0 Å². The van der Waals surface area contributed by atoms with E-state index in [9.17, 15) is 13.2 Å². The molecule has 106 valence electrons. The number of rotatable bonds is 2. The van der Waals surface area contributed by atoms with Gasteiger partial charge in [0.25, 0.3) is 0 Å². The third-order valence-electron chi connectivity index (χ3n) is 3.32. The van der Waals surface area contributed by atoms with E-state index in [1.165, 1.54) is 19.3 Å². The molecule has 0 aliphatic carbocycles. The topological polar surface area (TPSA) is 25.8 Å². The fourth-order valence-electron chi connectivity index (χ4n) is 2.00. The maximum absolute atomic E-state index is 14.2. The van der Waals surface area contributed by atoms with E-state index in [4.69, 9.17) is 11.6 Å². The number of nitrogens with zero attached hydrogens (tertiary/aromatic N) is 2. The van der Waals surface area contributed by atoms with Crippen molar-refractivity contribution in [3.05, 3.63) is 57.9 Å². The SMILES string of the molecule is Cc1c(F)c(F)cc(C(C)(C)c2cc(Cl)ncn2)c1F. The second-order valence-electron chi connectivity index (χ2n) is 5.01. The Morgan fingerprint density at radius 2 is 1.70 bits per heavy atom. The third-order valence-corrected chi connectivity index (χ3v) is 3.53. The van der Waals surface area contributed by atoms with Gasteiger partial charge in [-0.05, 0) is 19.1 Å².